The Morgan fingerprint density at radius 2 is 1.90 bits per heavy atom. The van der Waals surface area contributed by atoms with E-state index in [4.69, 9.17) is 23.2 Å². The predicted molar refractivity (Wildman–Crippen MR) is 85.2 cm³/mol. The molecular formula is C15H15Cl2N3O. The maximum absolute atomic E-state index is 12.8. The molecule has 0 spiro atoms. The zero-order valence-electron chi connectivity index (χ0n) is 11.6. The SMILES string of the molecule is CN1CCN(C(=O)c2c(Cl)ccc3cc(Cl)cnc23)CC1. The number of carbonyl (C=O) groups excluding carboxylic acids is 1. The molecule has 1 aromatic carbocycles. The number of amides is 1. The van der Waals surface area contributed by atoms with Gasteiger partial charge in [0.1, 0.15) is 0 Å². The minimum absolute atomic E-state index is 0.0616. The second kappa shape index (κ2) is 5.79. The maximum Gasteiger partial charge on any atom is 0.257 e. The fraction of sp³-hybridized carbons (Fsp3) is 0.333. The van der Waals surface area contributed by atoms with Crippen LogP contribution in [0.1, 0.15) is 10.4 Å². The average Bonchev–Trinajstić information content (AvgIpc) is 2.47. The number of rotatable bonds is 1. The first-order chi connectivity index (χ1) is 10.1. The van der Waals surface area contributed by atoms with E-state index in [1.807, 2.05) is 11.0 Å². The summed E-state index contributed by atoms with van der Waals surface area (Å²) in [5.41, 5.74) is 1.08. The van der Waals surface area contributed by atoms with Crippen LogP contribution < -0.4 is 0 Å². The molecule has 0 bridgehead atoms. The van der Waals surface area contributed by atoms with Crippen LogP contribution in [0.5, 0.6) is 0 Å². The highest BCUT2D eigenvalue weighted by Gasteiger charge is 2.24. The van der Waals surface area contributed by atoms with Crippen LogP contribution in [-0.4, -0.2) is 53.9 Å². The Bertz CT molecular complexity index is 697. The number of likely N-dealkylation sites (N-methyl/N-ethyl adjacent to an activating group) is 1. The minimum Gasteiger partial charge on any atom is -0.336 e. The summed E-state index contributed by atoms with van der Waals surface area (Å²) >= 11 is 12.2. The normalized spacial score (nSPS) is 16.4. The molecule has 1 aliphatic heterocycles. The highest BCUT2D eigenvalue weighted by Crippen LogP contribution is 2.27. The second-order valence-corrected chi connectivity index (χ2v) is 6.09. The molecule has 21 heavy (non-hydrogen) atoms. The molecule has 2 aromatic rings. The number of fused-ring (bicyclic) bond motifs is 1. The van der Waals surface area contributed by atoms with Gasteiger partial charge in [-0.3, -0.25) is 9.78 Å². The number of carbonyl (C=O) groups is 1. The van der Waals surface area contributed by atoms with Gasteiger partial charge in [-0.05, 0) is 19.2 Å². The van der Waals surface area contributed by atoms with Crippen LogP contribution >= 0.6 is 23.2 Å². The molecule has 0 saturated carbocycles. The van der Waals surface area contributed by atoms with E-state index in [-0.39, 0.29) is 5.91 Å². The van der Waals surface area contributed by atoms with Crippen molar-refractivity contribution in [2.45, 2.75) is 0 Å². The van der Waals surface area contributed by atoms with E-state index in [1.54, 1.807) is 18.3 Å². The Hall–Kier alpha value is -1.36. The summed E-state index contributed by atoms with van der Waals surface area (Å²) in [4.78, 5) is 21.1. The van der Waals surface area contributed by atoms with Gasteiger partial charge < -0.3 is 9.80 Å². The Balaban J connectivity index is 2.02. The molecule has 0 atom stereocenters. The first kappa shape index (κ1) is 14.6. The molecule has 1 fully saturated rings. The van der Waals surface area contributed by atoms with Gasteiger partial charge in [-0.2, -0.15) is 0 Å². The summed E-state index contributed by atoms with van der Waals surface area (Å²) in [6.07, 6.45) is 1.54. The predicted octanol–water partition coefficient (Wildman–Crippen LogP) is 2.93. The van der Waals surface area contributed by atoms with Crippen LogP contribution in [-0.2, 0) is 0 Å². The molecule has 0 unspecified atom stereocenters. The summed E-state index contributed by atoms with van der Waals surface area (Å²) in [6, 6.07) is 5.35. The van der Waals surface area contributed by atoms with Crippen LogP contribution in [0.2, 0.25) is 10.0 Å². The van der Waals surface area contributed by atoms with E-state index >= 15 is 0 Å². The number of hydrogen-bond acceptors (Lipinski definition) is 3. The molecule has 4 nitrogen and oxygen atoms in total. The van der Waals surface area contributed by atoms with Gasteiger partial charge in [0.15, 0.2) is 0 Å². The van der Waals surface area contributed by atoms with Gasteiger partial charge in [0.25, 0.3) is 5.91 Å². The summed E-state index contributed by atoms with van der Waals surface area (Å²) in [6.45, 7) is 3.14. The van der Waals surface area contributed by atoms with E-state index in [9.17, 15) is 4.79 Å². The third-order valence-corrected chi connectivity index (χ3v) is 4.29. The number of hydrogen-bond donors (Lipinski definition) is 0. The number of pyridine rings is 1. The molecule has 0 N–H and O–H groups in total. The van der Waals surface area contributed by atoms with E-state index in [1.165, 1.54) is 0 Å². The number of piperazine rings is 1. The smallest absolute Gasteiger partial charge is 0.257 e. The lowest BCUT2D eigenvalue weighted by Gasteiger charge is -2.32. The van der Waals surface area contributed by atoms with Crippen LogP contribution in [0.3, 0.4) is 0 Å². The zero-order chi connectivity index (χ0) is 15.0. The summed E-state index contributed by atoms with van der Waals surface area (Å²) in [7, 11) is 2.05. The Labute approximate surface area is 133 Å². The first-order valence-electron chi connectivity index (χ1n) is 6.78. The average molecular weight is 324 g/mol. The lowest BCUT2D eigenvalue weighted by molar-refractivity contribution is 0.0666. The molecule has 3 rings (SSSR count). The van der Waals surface area contributed by atoms with E-state index in [0.717, 1.165) is 18.5 Å². The summed E-state index contributed by atoms with van der Waals surface area (Å²) in [5, 5.41) is 1.80. The summed E-state index contributed by atoms with van der Waals surface area (Å²) in [5.74, 6) is -0.0616. The largest absolute Gasteiger partial charge is 0.336 e. The Kier molecular flexibility index (Phi) is 4.02. The summed E-state index contributed by atoms with van der Waals surface area (Å²) < 4.78 is 0. The number of aromatic nitrogens is 1. The maximum atomic E-state index is 12.8. The zero-order valence-corrected chi connectivity index (χ0v) is 13.2. The molecule has 1 saturated heterocycles. The minimum atomic E-state index is -0.0616. The van der Waals surface area contributed by atoms with Crippen LogP contribution in [0.25, 0.3) is 10.9 Å². The fourth-order valence-electron chi connectivity index (χ4n) is 2.52. The van der Waals surface area contributed by atoms with Gasteiger partial charge in [0.2, 0.25) is 0 Å². The Morgan fingerprint density at radius 1 is 1.19 bits per heavy atom. The lowest BCUT2D eigenvalue weighted by Crippen LogP contribution is -2.47. The van der Waals surface area contributed by atoms with Crippen LogP contribution in [0.4, 0.5) is 0 Å². The van der Waals surface area contributed by atoms with E-state index in [2.05, 4.69) is 16.9 Å². The van der Waals surface area contributed by atoms with Crippen molar-refractivity contribution in [1.29, 1.82) is 0 Å². The van der Waals surface area contributed by atoms with Gasteiger partial charge >= 0.3 is 0 Å². The molecule has 0 aliphatic carbocycles. The molecular weight excluding hydrogens is 309 g/mol. The second-order valence-electron chi connectivity index (χ2n) is 5.24. The standard InChI is InChI=1S/C15H15Cl2N3O/c1-19-4-6-20(7-5-19)15(21)13-12(17)3-2-10-8-11(16)9-18-14(10)13/h2-3,8-9H,4-7H2,1H3. The van der Waals surface area contributed by atoms with Crippen molar-refractivity contribution in [2.75, 3.05) is 33.2 Å². The van der Waals surface area contributed by atoms with Crippen LogP contribution in [0, 0.1) is 0 Å². The van der Waals surface area contributed by atoms with E-state index in [0.29, 0.717) is 34.2 Å². The molecule has 0 radical (unpaired) electrons. The van der Waals surface area contributed by atoms with Gasteiger partial charge in [-0.25, -0.2) is 0 Å². The van der Waals surface area contributed by atoms with Crippen molar-refractivity contribution in [3.63, 3.8) is 0 Å². The van der Waals surface area contributed by atoms with Crippen LogP contribution in [0.15, 0.2) is 24.4 Å². The van der Waals surface area contributed by atoms with Gasteiger partial charge in [0, 0.05) is 37.8 Å². The molecule has 1 amide bonds. The van der Waals surface area contributed by atoms with Crippen molar-refractivity contribution in [3.8, 4) is 0 Å². The number of nitrogens with zero attached hydrogens (tertiary/aromatic N) is 3. The highest BCUT2D eigenvalue weighted by molar-refractivity contribution is 6.36. The van der Waals surface area contributed by atoms with Crippen molar-refractivity contribution in [2.24, 2.45) is 0 Å². The lowest BCUT2D eigenvalue weighted by atomic mass is 10.1. The number of halogens is 2. The number of benzene rings is 1. The first-order valence-corrected chi connectivity index (χ1v) is 7.53. The monoisotopic (exact) mass is 323 g/mol. The molecule has 1 aromatic heterocycles. The van der Waals surface area contributed by atoms with Gasteiger partial charge in [-0.1, -0.05) is 29.3 Å². The van der Waals surface area contributed by atoms with Crippen molar-refractivity contribution in [1.82, 2.24) is 14.8 Å². The van der Waals surface area contributed by atoms with Crippen molar-refractivity contribution in [3.05, 3.63) is 40.0 Å². The Morgan fingerprint density at radius 3 is 2.62 bits per heavy atom. The molecule has 1 aliphatic rings. The fourth-order valence-corrected chi connectivity index (χ4v) is 2.92. The third kappa shape index (κ3) is 2.84. The topological polar surface area (TPSA) is 36.4 Å². The highest BCUT2D eigenvalue weighted by atomic mass is 35.5. The molecule has 6 heteroatoms. The third-order valence-electron chi connectivity index (χ3n) is 3.77. The molecule has 110 valence electrons. The molecule has 2 heterocycles. The van der Waals surface area contributed by atoms with Crippen molar-refractivity contribution < 1.29 is 4.79 Å². The van der Waals surface area contributed by atoms with E-state index < -0.39 is 0 Å². The van der Waals surface area contributed by atoms with Crippen molar-refractivity contribution >= 4 is 40.0 Å². The quantitative estimate of drug-likeness (QED) is 0.809. The van der Waals surface area contributed by atoms with Gasteiger partial charge in [-0.15, -0.1) is 0 Å². The van der Waals surface area contributed by atoms with Gasteiger partial charge in [0.05, 0.1) is 21.1 Å².